The maximum Gasteiger partial charge on any atom is 0.161 e. The zero-order valence-corrected chi connectivity index (χ0v) is 8.63. The van der Waals surface area contributed by atoms with Gasteiger partial charge in [0, 0.05) is 0 Å². The molecule has 0 aromatic heterocycles. The molecule has 0 saturated heterocycles. The molecular formula is C9H8ClNOS. The first-order chi connectivity index (χ1) is 6.16. The van der Waals surface area contributed by atoms with Crippen molar-refractivity contribution in [3.63, 3.8) is 0 Å². The minimum Gasteiger partial charge on any atom is -0.483 e. The van der Waals surface area contributed by atoms with Gasteiger partial charge in [-0.15, -0.1) is 0 Å². The number of hydrogen-bond acceptors (Lipinski definition) is 2. The van der Waals surface area contributed by atoms with Gasteiger partial charge in [-0.25, -0.2) is 0 Å². The van der Waals surface area contributed by atoms with E-state index in [4.69, 9.17) is 28.6 Å². The van der Waals surface area contributed by atoms with E-state index >= 15 is 0 Å². The molecule has 4 heteroatoms. The van der Waals surface area contributed by atoms with E-state index in [9.17, 15) is 0 Å². The molecule has 0 spiro atoms. The minimum absolute atomic E-state index is 0.408. The largest absolute Gasteiger partial charge is 0.483 e. The van der Waals surface area contributed by atoms with E-state index in [1.54, 1.807) is 0 Å². The molecule has 0 unspecified atom stereocenters. The molecule has 0 saturated carbocycles. The van der Waals surface area contributed by atoms with Gasteiger partial charge in [0.1, 0.15) is 11.6 Å². The zero-order chi connectivity index (χ0) is 9.42. The lowest BCUT2D eigenvalue weighted by molar-refractivity contribution is 0.375. The van der Waals surface area contributed by atoms with Crippen LogP contribution in [-0.2, 0) is 0 Å². The average molecular weight is 214 g/mol. The molecule has 0 radical (unpaired) electrons. The van der Waals surface area contributed by atoms with E-state index in [0.717, 1.165) is 11.3 Å². The van der Waals surface area contributed by atoms with Crippen molar-refractivity contribution < 1.29 is 4.74 Å². The number of nitrogens with one attached hydrogen (secondary N) is 1. The summed E-state index contributed by atoms with van der Waals surface area (Å²) >= 11 is 11.0. The van der Waals surface area contributed by atoms with Gasteiger partial charge in [-0.05, 0) is 24.6 Å². The van der Waals surface area contributed by atoms with E-state index in [1.807, 2.05) is 19.1 Å². The van der Waals surface area contributed by atoms with Crippen LogP contribution in [-0.4, -0.2) is 11.6 Å². The monoisotopic (exact) mass is 213 g/mol. The standard InChI is InChI=1S/C9H8ClNOS/c1-5-2-6(10)9-7(3-5)11-8(13)4-12-9/h2-3H,4H2,1H3,(H,11,13). The minimum atomic E-state index is 0.408. The Balaban J connectivity index is 2.53. The number of aryl methyl sites for hydroxylation is 1. The quantitative estimate of drug-likeness (QED) is 0.670. The van der Waals surface area contributed by atoms with Crippen LogP contribution in [0.3, 0.4) is 0 Å². The van der Waals surface area contributed by atoms with Crippen molar-refractivity contribution in [1.29, 1.82) is 0 Å². The van der Waals surface area contributed by atoms with Crippen molar-refractivity contribution in [3.8, 4) is 5.75 Å². The molecule has 0 amide bonds. The van der Waals surface area contributed by atoms with Crippen LogP contribution in [0.2, 0.25) is 5.02 Å². The summed E-state index contributed by atoms with van der Waals surface area (Å²) in [6.45, 7) is 2.39. The number of ether oxygens (including phenoxy) is 1. The van der Waals surface area contributed by atoms with Gasteiger partial charge in [-0.3, -0.25) is 0 Å². The summed E-state index contributed by atoms with van der Waals surface area (Å²) < 4.78 is 5.39. The average Bonchev–Trinajstić information content (AvgIpc) is 2.02. The molecule has 68 valence electrons. The summed E-state index contributed by atoms with van der Waals surface area (Å²) in [5.41, 5.74) is 1.95. The van der Waals surface area contributed by atoms with Crippen LogP contribution < -0.4 is 10.1 Å². The van der Waals surface area contributed by atoms with E-state index in [1.165, 1.54) is 0 Å². The van der Waals surface area contributed by atoms with Gasteiger partial charge in [0.2, 0.25) is 0 Å². The van der Waals surface area contributed by atoms with Crippen molar-refractivity contribution in [2.45, 2.75) is 6.92 Å². The van der Waals surface area contributed by atoms with E-state index in [2.05, 4.69) is 5.32 Å². The van der Waals surface area contributed by atoms with E-state index in [0.29, 0.717) is 22.4 Å². The molecule has 0 aliphatic carbocycles. The second-order valence-corrected chi connectivity index (χ2v) is 3.86. The Morgan fingerprint density at radius 1 is 1.54 bits per heavy atom. The van der Waals surface area contributed by atoms with Crippen molar-refractivity contribution in [2.24, 2.45) is 0 Å². The van der Waals surface area contributed by atoms with Crippen molar-refractivity contribution in [2.75, 3.05) is 11.9 Å². The SMILES string of the molecule is Cc1cc(Cl)c2c(c1)NC(=S)CO2. The van der Waals surface area contributed by atoms with Crippen LogP contribution in [0.15, 0.2) is 12.1 Å². The van der Waals surface area contributed by atoms with Crippen LogP contribution in [0.5, 0.6) is 5.75 Å². The lowest BCUT2D eigenvalue weighted by Crippen LogP contribution is -2.23. The van der Waals surface area contributed by atoms with Crippen molar-refractivity contribution in [1.82, 2.24) is 0 Å². The lowest BCUT2D eigenvalue weighted by atomic mass is 10.2. The Kier molecular flexibility index (Phi) is 2.14. The molecule has 2 nitrogen and oxygen atoms in total. The molecule has 13 heavy (non-hydrogen) atoms. The summed E-state index contributed by atoms with van der Waals surface area (Å²) in [5, 5.41) is 3.69. The Hall–Kier alpha value is -0.800. The third-order valence-corrected chi connectivity index (χ3v) is 2.31. The third-order valence-electron chi connectivity index (χ3n) is 1.81. The van der Waals surface area contributed by atoms with Gasteiger partial charge < -0.3 is 10.1 Å². The Morgan fingerprint density at radius 3 is 3.08 bits per heavy atom. The zero-order valence-electron chi connectivity index (χ0n) is 7.06. The van der Waals surface area contributed by atoms with Crippen LogP contribution in [0, 0.1) is 6.92 Å². The maximum absolute atomic E-state index is 5.99. The fraction of sp³-hybridized carbons (Fsp3) is 0.222. The highest BCUT2D eigenvalue weighted by molar-refractivity contribution is 7.80. The summed E-state index contributed by atoms with van der Waals surface area (Å²) in [5.74, 6) is 0.695. The fourth-order valence-corrected chi connectivity index (χ4v) is 1.79. The third kappa shape index (κ3) is 1.62. The maximum atomic E-state index is 5.99. The molecular weight excluding hydrogens is 206 g/mol. The Bertz CT molecular complexity index is 378. The van der Waals surface area contributed by atoms with Gasteiger partial charge in [0.25, 0.3) is 0 Å². The molecule has 0 bridgehead atoms. The number of hydrogen-bond donors (Lipinski definition) is 1. The number of anilines is 1. The summed E-state index contributed by atoms with van der Waals surface area (Å²) in [4.78, 5) is 0.689. The second kappa shape index (κ2) is 3.16. The second-order valence-electron chi connectivity index (χ2n) is 2.96. The fourth-order valence-electron chi connectivity index (χ4n) is 1.29. The molecule has 1 N–H and O–H groups in total. The molecule has 0 fully saturated rings. The van der Waals surface area contributed by atoms with Crippen molar-refractivity contribution >= 4 is 34.5 Å². The first-order valence-electron chi connectivity index (χ1n) is 3.89. The van der Waals surface area contributed by atoms with Gasteiger partial charge >= 0.3 is 0 Å². The number of rotatable bonds is 0. The molecule has 1 aliphatic heterocycles. The van der Waals surface area contributed by atoms with Gasteiger partial charge in [0.05, 0.1) is 10.7 Å². The highest BCUT2D eigenvalue weighted by atomic mass is 35.5. The number of thiocarbonyl (C=S) groups is 1. The van der Waals surface area contributed by atoms with Crippen molar-refractivity contribution in [3.05, 3.63) is 22.7 Å². The highest BCUT2D eigenvalue weighted by Gasteiger charge is 2.16. The predicted molar refractivity (Wildman–Crippen MR) is 57.9 cm³/mol. The molecule has 1 aromatic rings. The van der Waals surface area contributed by atoms with E-state index in [-0.39, 0.29) is 0 Å². The summed E-state index contributed by atoms with van der Waals surface area (Å²) in [6.07, 6.45) is 0. The smallest absolute Gasteiger partial charge is 0.161 e. The molecule has 2 rings (SSSR count). The molecule has 0 atom stereocenters. The lowest BCUT2D eigenvalue weighted by Gasteiger charge is -2.21. The first kappa shape index (κ1) is 8.78. The van der Waals surface area contributed by atoms with Crippen LogP contribution in [0.25, 0.3) is 0 Å². The highest BCUT2D eigenvalue weighted by Crippen LogP contribution is 2.36. The number of benzene rings is 1. The predicted octanol–water partition coefficient (Wildman–Crippen LogP) is 2.78. The molecule has 1 aliphatic rings. The molecule has 1 aromatic carbocycles. The Labute approximate surface area is 86.8 Å². The number of halogens is 1. The summed E-state index contributed by atoms with van der Waals surface area (Å²) in [7, 11) is 0. The van der Waals surface area contributed by atoms with Crippen LogP contribution in [0.1, 0.15) is 5.56 Å². The Morgan fingerprint density at radius 2 is 2.31 bits per heavy atom. The topological polar surface area (TPSA) is 21.3 Å². The normalized spacial score (nSPS) is 14.5. The molecule has 1 heterocycles. The van der Waals surface area contributed by atoms with Crippen LogP contribution >= 0.6 is 23.8 Å². The number of fused-ring (bicyclic) bond motifs is 1. The van der Waals surface area contributed by atoms with Gasteiger partial charge in [-0.2, -0.15) is 0 Å². The van der Waals surface area contributed by atoms with Gasteiger partial charge in [0.15, 0.2) is 5.75 Å². The summed E-state index contributed by atoms with van der Waals surface area (Å²) in [6, 6.07) is 3.84. The van der Waals surface area contributed by atoms with Crippen LogP contribution in [0.4, 0.5) is 5.69 Å². The van der Waals surface area contributed by atoms with Gasteiger partial charge in [-0.1, -0.05) is 23.8 Å². The first-order valence-corrected chi connectivity index (χ1v) is 4.68. The van der Waals surface area contributed by atoms with E-state index < -0.39 is 0 Å².